The predicted molar refractivity (Wildman–Crippen MR) is 147 cm³/mol. The molecule has 0 atom stereocenters. The van der Waals surface area contributed by atoms with Crippen molar-refractivity contribution in [2.45, 2.75) is 97.3 Å². The molecule has 0 aliphatic carbocycles. The Morgan fingerprint density at radius 1 is 0.514 bits per heavy atom. The van der Waals surface area contributed by atoms with Crippen molar-refractivity contribution in [3.05, 3.63) is 83.4 Å². The van der Waals surface area contributed by atoms with Crippen LogP contribution in [0.2, 0.25) is 0 Å². The van der Waals surface area contributed by atoms with Gasteiger partial charge in [0.05, 0.1) is 0 Å². The molecule has 0 radical (unpaired) electrons. The van der Waals surface area contributed by atoms with Crippen LogP contribution in [0.5, 0.6) is 0 Å². The number of benzene rings is 3. The zero-order valence-corrected chi connectivity index (χ0v) is 21.7. The maximum absolute atomic E-state index is 15.4. The van der Waals surface area contributed by atoms with Crippen LogP contribution < -0.4 is 0 Å². The van der Waals surface area contributed by atoms with Crippen LogP contribution in [0.1, 0.15) is 95.6 Å². The predicted octanol–water partition coefficient (Wildman–Crippen LogP) is 10.7. The van der Waals surface area contributed by atoms with E-state index < -0.39 is 11.6 Å². The van der Waals surface area contributed by atoms with Gasteiger partial charge >= 0.3 is 0 Å². The Hall–Kier alpha value is -2.48. The minimum absolute atomic E-state index is 0.385. The van der Waals surface area contributed by atoms with Crippen LogP contribution in [-0.4, -0.2) is 0 Å². The van der Waals surface area contributed by atoms with Crippen molar-refractivity contribution in [3.8, 4) is 22.3 Å². The van der Waals surface area contributed by atoms with E-state index in [1.807, 2.05) is 48.5 Å². The summed E-state index contributed by atoms with van der Waals surface area (Å²) in [7, 11) is 0. The largest absolute Gasteiger partial charge is 0.203 e. The second-order valence-corrected chi connectivity index (χ2v) is 9.82. The first-order valence-corrected chi connectivity index (χ1v) is 13.8. The molecule has 35 heavy (non-hydrogen) atoms. The van der Waals surface area contributed by atoms with Gasteiger partial charge in [-0.25, -0.2) is 8.78 Å². The smallest absolute Gasteiger partial charge is 0.166 e. The number of halogens is 2. The molecule has 0 fully saturated rings. The Labute approximate surface area is 211 Å². The lowest BCUT2D eigenvalue weighted by molar-refractivity contribution is 0.495. The van der Waals surface area contributed by atoms with E-state index in [-0.39, 0.29) is 0 Å². The molecular weight excluding hydrogens is 434 g/mol. The SMILES string of the molecule is CCCCCCCCCCc1cc(-c2ccc(-c3ccccc3)cc2)c(F)c(F)c1CCCCC. The van der Waals surface area contributed by atoms with Crippen molar-refractivity contribution in [3.63, 3.8) is 0 Å². The van der Waals surface area contributed by atoms with E-state index in [2.05, 4.69) is 26.0 Å². The molecule has 0 aliphatic heterocycles. The average molecular weight is 477 g/mol. The Morgan fingerprint density at radius 3 is 1.69 bits per heavy atom. The summed E-state index contributed by atoms with van der Waals surface area (Å²) in [6, 6.07) is 19.9. The number of rotatable bonds is 15. The van der Waals surface area contributed by atoms with Crippen LogP contribution in [0.3, 0.4) is 0 Å². The van der Waals surface area contributed by atoms with Gasteiger partial charge in [0.15, 0.2) is 11.6 Å². The van der Waals surface area contributed by atoms with Crippen molar-refractivity contribution in [1.82, 2.24) is 0 Å². The van der Waals surface area contributed by atoms with Gasteiger partial charge in [0, 0.05) is 5.56 Å². The molecule has 0 spiro atoms. The monoisotopic (exact) mass is 476 g/mol. The minimum Gasteiger partial charge on any atom is -0.203 e. The van der Waals surface area contributed by atoms with Crippen molar-refractivity contribution in [2.24, 2.45) is 0 Å². The lowest BCUT2D eigenvalue weighted by Gasteiger charge is -2.16. The summed E-state index contributed by atoms with van der Waals surface area (Å²) in [5, 5.41) is 0. The molecule has 0 saturated carbocycles. The van der Waals surface area contributed by atoms with Gasteiger partial charge in [-0.15, -0.1) is 0 Å². The molecule has 0 N–H and O–H groups in total. The van der Waals surface area contributed by atoms with E-state index in [4.69, 9.17) is 0 Å². The van der Waals surface area contributed by atoms with Gasteiger partial charge in [-0.1, -0.05) is 126 Å². The molecule has 0 nitrogen and oxygen atoms in total. The van der Waals surface area contributed by atoms with Gasteiger partial charge in [0.1, 0.15) is 0 Å². The Morgan fingerprint density at radius 2 is 1.03 bits per heavy atom. The van der Waals surface area contributed by atoms with E-state index in [0.29, 0.717) is 17.5 Å². The number of aryl methyl sites for hydroxylation is 1. The molecule has 0 bridgehead atoms. The molecule has 0 unspecified atom stereocenters. The Bertz CT molecular complexity index is 1010. The number of unbranched alkanes of at least 4 members (excludes halogenated alkanes) is 9. The molecule has 188 valence electrons. The highest BCUT2D eigenvalue weighted by Gasteiger charge is 2.19. The molecule has 0 amide bonds. The van der Waals surface area contributed by atoms with Gasteiger partial charge in [-0.05, 0) is 59.6 Å². The maximum atomic E-state index is 15.4. The normalized spacial score (nSPS) is 11.2. The number of hydrogen-bond acceptors (Lipinski definition) is 0. The van der Waals surface area contributed by atoms with Gasteiger partial charge in [-0.2, -0.15) is 0 Å². The topological polar surface area (TPSA) is 0 Å². The summed E-state index contributed by atoms with van der Waals surface area (Å²) in [5.41, 5.74) is 4.91. The lowest BCUT2D eigenvalue weighted by Crippen LogP contribution is -2.04. The summed E-state index contributed by atoms with van der Waals surface area (Å²) in [5.74, 6) is -1.34. The zero-order valence-electron chi connectivity index (χ0n) is 21.7. The Kier molecular flexibility index (Phi) is 11.5. The van der Waals surface area contributed by atoms with Crippen molar-refractivity contribution in [1.29, 1.82) is 0 Å². The highest BCUT2D eigenvalue weighted by Crippen LogP contribution is 2.32. The fraction of sp³-hybridized carbons (Fsp3) is 0.455. The Balaban J connectivity index is 1.77. The molecule has 3 aromatic rings. The van der Waals surface area contributed by atoms with Crippen LogP contribution in [0.25, 0.3) is 22.3 Å². The van der Waals surface area contributed by atoms with Gasteiger partial charge in [-0.3, -0.25) is 0 Å². The molecule has 0 saturated heterocycles. The quantitative estimate of drug-likeness (QED) is 0.191. The molecule has 0 heterocycles. The number of hydrogen-bond donors (Lipinski definition) is 0. The fourth-order valence-electron chi connectivity index (χ4n) is 4.89. The third-order valence-corrected chi connectivity index (χ3v) is 7.03. The second-order valence-electron chi connectivity index (χ2n) is 9.82. The van der Waals surface area contributed by atoms with Crippen molar-refractivity contribution < 1.29 is 8.78 Å². The molecule has 3 aromatic carbocycles. The summed E-state index contributed by atoms with van der Waals surface area (Å²) in [6.45, 7) is 4.38. The summed E-state index contributed by atoms with van der Waals surface area (Å²) in [6.07, 6.45) is 14.4. The standard InChI is InChI=1S/C33H42F2/c1-3-5-7-8-9-10-11-14-19-29-25-31(33(35)32(34)30(29)20-13-6-4-2)28-23-21-27(22-24-28)26-17-15-12-16-18-26/h12,15-18,21-25H,3-11,13-14,19-20H2,1-2H3. The fourth-order valence-corrected chi connectivity index (χ4v) is 4.89. The van der Waals surface area contributed by atoms with E-state index in [9.17, 15) is 0 Å². The molecule has 0 aliphatic rings. The molecule has 0 aromatic heterocycles. The second kappa shape index (κ2) is 14.8. The maximum Gasteiger partial charge on any atom is 0.166 e. The summed E-state index contributed by atoms with van der Waals surface area (Å²) in [4.78, 5) is 0. The van der Waals surface area contributed by atoms with E-state index >= 15 is 8.78 Å². The van der Waals surface area contributed by atoms with Gasteiger partial charge in [0.2, 0.25) is 0 Å². The first-order valence-electron chi connectivity index (χ1n) is 13.8. The van der Waals surface area contributed by atoms with Crippen LogP contribution in [0, 0.1) is 11.6 Å². The zero-order chi connectivity index (χ0) is 24.9. The van der Waals surface area contributed by atoms with E-state index in [0.717, 1.165) is 60.8 Å². The first kappa shape index (κ1) is 27.1. The van der Waals surface area contributed by atoms with Crippen molar-refractivity contribution >= 4 is 0 Å². The molecule has 3 rings (SSSR count). The highest BCUT2D eigenvalue weighted by atomic mass is 19.2. The van der Waals surface area contributed by atoms with Crippen LogP contribution in [-0.2, 0) is 12.8 Å². The summed E-state index contributed by atoms with van der Waals surface area (Å²) < 4.78 is 30.6. The molecule has 2 heteroatoms. The average Bonchev–Trinajstić information content (AvgIpc) is 2.89. The van der Waals surface area contributed by atoms with Crippen molar-refractivity contribution in [2.75, 3.05) is 0 Å². The van der Waals surface area contributed by atoms with E-state index in [1.165, 1.54) is 38.5 Å². The third kappa shape index (κ3) is 8.02. The van der Waals surface area contributed by atoms with Crippen LogP contribution >= 0.6 is 0 Å². The van der Waals surface area contributed by atoms with Crippen LogP contribution in [0.15, 0.2) is 60.7 Å². The minimum atomic E-state index is -0.705. The van der Waals surface area contributed by atoms with Gasteiger partial charge in [0.25, 0.3) is 0 Å². The van der Waals surface area contributed by atoms with E-state index in [1.54, 1.807) is 0 Å². The van der Waals surface area contributed by atoms with Crippen LogP contribution in [0.4, 0.5) is 8.78 Å². The summed E-state index contributed by atoms with van der Waals surface area (Å²) >= 11 is 0. The van der Waals surface area contributed by atoms with Gasteiger partial charge < -0.3 is 0 Å². The molecular formula is C33H42F2. The first-order chi connectivity index (χ1) is 17.2. The highest BCUT2D eigenvalue weighted by molar-refractivity contribution is 5.71. The lowest BCUT2D eigenvalue weighted by atomic mass is 9.91. The third-order valence-electron chi connectivity index (χ3n) is 7.03.